The second-order valence-corrected chi connectivity index (χ2v) is 6.01. The van der Waals surface area contributed by atoms with Crippen molar-refractivity contribution >= 4 is 40.6 Å². The van der Waals surface area contributed by atoms with Crippen molar-refractivity contribution in [2.45, 2.75) is 6.61 Å². The molecule has 9 nitrogen and oxygen atoms in total. The van der Waals surface area contributed by atoms with Crippen molar-refractivity contribution in [3.63, 3.8) is 0 Å². The number of amidine groups is 1. The fourth-order valence-electron chi connectivity index (χ4n) is 2.38. The summed E-state index contributed by atoms with van der Waals surface area (Å²) in [5.74, 6) is 0.618. The van der Waals surface area contributed by atoms with Crippen LogP contribution in [0.15, 0.2) is 47.8 Å². The number of hydrogen-bond donors (Lipinski definition) is 1. The van der Waals surface area contributed by atoms with E-state index in [1.807, 2.05) is 0 Å². The fourth-order valence-corrected chi connectivity index (χ4v) is 2.54. The number of amides is 1. The Balaban J connectivity index is 1.48. The number of fused-ring (bicyclic) bond motifs is 2. The Labute approximate surface area is 158 Å². The number of aromatic nitrogens is 3. The zero-order valence-corrected chi connectivity index (χ0v) is 14.8. The van der Waals surface area contributed by atoms with Crippen LogP contribution in [-0.2, 0) is 11.3 Å². The second kappa shape index (κ2) is 7.04. The van der Waals surface area contributed by atoms with E-state index in [2.05, 4.69) is 25.4 Å². The van der Waals surface area contributed by atoms with Crippen LogP contribution in [0.4, 0.5) is 10.6 Å². The molecule has 0 aliphatic carbocycles. The molecular formula is C17H13ClN6O3. The SMILES string of the molecule is CN1N=C(NC(=O)OCc2ccncc2)Oc2nc3cc(Cl)ccc3nc21. The van der Waals surface area contributed by atoms with Gasteiger partial charge in [0, 0.05) is 24.5 Å². The van der Waals surface area contributed by atoms with E-state index < -0.39 is 6.09 Å². The Hall–Kier alpha value is -3.46. The van der Waals surface area contributed by atoms with E-state index >= 15 is 0 Å². The summed E-state index contributed by atoms with van der Waals surface area (Å²) in [4.78, 5) is 24.7. The summed E-state index contributed by atoms with van der Waals surface area (Å²) in [6.45, 7) is 0.0942. The number of carbonyl (C=O) groups excluding carboxylic acids is 1. The summed E-state index contributed by atoms with van der Waals surface area (Å²) in [6, 6.07) is 8.59. The molecule has 0 atom stereocenters. The van der Waals surface area contributed by atoms with Gasteiger partial charge in [-0.3, -0.25) is 4.98 Å². The number of hydrazone groups is 1. The first-order valence-electron chi connectivity index (χ1n) is 7.89. The lowest BCUT2D eigenvalue weighted by molar-refractivity contribution is 0.143. The van der Waals surface area contributed by atoms with Gasteiger partial charge < -0.3 is 9.47 Å². The molecule has 1 N–H and O–H groups in total. The molecule has 1 aliphatic rings. The van der Waals surface area contributed by atoms with Crippen molar-refractivity contribution in [3.8, 4) is 5.88 Å². The molecule has 0 fully saturated rings. The van der Waals surface area contributed by atoms with Crippen molar-refractivity contribution in [1.82, 2.24) is 20.3 Å². The van der Waals surface area contributed by atoms with Crippen molar-refractivity contribution in [2.75, 3.05) is 12.1 Å². The topological polar surface area (TPSA) is 102 Å². The van der Waals surface area contributed by atoms with E-state index in [0.29, 0.717) is 21.9 Å². The number of nitrogens with zero attached hydrogens (tertiary/aromatic N) is 5. The van der Waals surface area contributed by atoms with Crippen LogP contribution in [0.3, 0.4) is 0 Å². The molecule has 1 aromatic carbocycles. The summed E-state index contributed by atoms with van der Waals surface area (Å²) in [5, 5.41) is 8.55. The van der Waals surface area contributed by atoms with Crippen LogP contribution in [0.2, 0.25) is 5.02 Å². The van der Waals surface area contributed by atoms with Gasteiger partial charge in [0.15, 0.2) is 0 Å². The van der Waals surface area contributed by atoms with Crippen molar-refractivity contribution < 1.29 is 14.3 Å². The number of anilines is 1. The molecule has 3 heterocycles. The average Bonchev–Trinajstić information content (AvgIpc) is 2.66. The normalized spacial score (nSPS) is 12.8. The zero-order chi connectivity index (χ0) is 18.8. The van der Waals surface area contributed by atoms with Gasteiger partial charge in [0.25, 0.3) is 5.88 Å². The predicted octanol–water partition coefficient (Wildman–Crippen LogP) is 2.70. The van der Waals surface area contributed by atoms with Crippen LogP contribution in [0.1, 0.15) is 5.56 Å². The monoisotopic (exact) mass is 384 g/mol. The van der Waals surface area contributed by atoms with Crippen molar-refractivity contribution in [2.24, 2.45) is 5.10 Å². The van der Waals surface area contributed by atoms with Crippen LogP contribution in [0.25, 0.3) is 11.0 Å². The van der Waals surface area contributed by atoms with Crippen LogP contribution < -0.4 is 15.1 Å². The molecule has 1 aliphatic heterocycles. The number of halogens is 1. The highest BCUT2D eigenvalue weighted by atomic mass is 35.5. The van der Waals surface area contributed by atoms with E-state index in [1.165, 1.54) is 5.01 Å². The van der Waals surface area contributed by atoms with Gasteiger partial charge >= 0.3 is 12.1 Å². The zero-order valence-electron chi connectivity index (χ0n) is 14.1. The minimum absolute atomic E-state index is 0.0691. The molecule has 0 saturated carbocycles. The first-order valence-corrected chi connectivity index (χ1v) is 8.26. The van der Waals surface area contributed by atoms with Gasteiger partial charge in [-0.2, -0.15) is 0 Å². The van der Waals surface area contributed by atoms with Gasteiger partial charge in [0.05, 0.1) is 11.0 Å². The summed E-state index contributed by atoms with van der Waals surface area (Å²) in [7, 11) is 1.67. The van der Waals surface area contributed by atoms with E-state index in [0.717, 1.165) is 5.56 Å². The Morgan fingerprint density at radius 3 is 2.85 bits per heavy atom. The molecule has 1 amide bonds. The maximum Gasteiger partial charge on any atom is 0.415 e. The standard InChI is InChI=1S/C17H13ClN6O3/c1-24-14-15(21-13-8-11(18)2-3-12(13)20-14)27-16(23-24)22-17(25)26-9-10-4-6-19-7-5-10/h2-8H,9H2,1H3,(H,22,23,25). The lowest BCUT2D eigenvalue weighted by atomic mass is 10.3. The molecule has 2 aromatic heterocycles. The quantitative estimate of drug-likeness (QED) is 0.724. The van der Waals surface area contributed by atoms with Crippen LogP contribution in [-0.4, -0.2) is 34.1 Å². The number of rotatable bonds is 2. The molecule has 10 heteroatoms. The van der Waals surface area contributed by atoms with Gasteiger partial charge in [-0.25, -0.2) is 25.1 Å². The molecule has 0 spiro atoms. The third kappa shape index (κ3) is 3.72. The molecule has 0 unspecified atom stereocenters. The molecule has 0 radical (unpaired) electrons. The Morgan fingerprint density at radius 2 is 2.04 bits per heavy atom. The third-order valence-electron chi connectivity index (χ3n) is 3.65. The highest BCUT2D eigenvalue weighted by molar-refractivity contribution is 6.31. The first kappa shape index (κ1) is 17.0. The van der Waals surface area contributed by atoms with Gasteiger partial charge in [-0.15, -0.1) is 5.10 Å². The minimum Gasteiger partial charge on any atom is -0.444 e. The van der Waals surface area contributed by atoms with Gasteiger partial charge in [0.1, 0.15) is 6.61 Å². The predicted molar refractivity (Wildman–Crippen MR) is 98.6 cm³/mol. The lowest BCUT2D eigenvalue weighted by Gasteiger charge is -2.22. The smallest absolute Gasteiger partial charge is 0.415 e. The maximum absolute atomic E-state index is 12.0. The number of nitrogens with one attached hydrogen (secondary N) is 1. The van der Waals surface area contributed by atoms with E-state index in [1.54, 1.807) is 49.8 Å². The molecule has 136 valence electrons. The molecule has 3 aromatic rings. The summed E-state index contributed by atoms with van der Waals surface area (Å²) < 4.78 is 10.7. The molecule has 27 heavy (non-hydrogen) atoms. The molecular weight excluding hydrogens is 372 g/mol. The second-order valence-electron chi connectivity index (χ2n) is 5.57. The third-order valence-corrected chi connectivity index (χ3v) is 3.88. The van der Waals surface area contributed by atoms with Crippen LogP contribution in [0.5, 0.6) is 5.88 Å². The van der Waals surface area contributed by atoms with Gasteiger partial charge in [0.2, 0.25) is 5.82 Å². The summed E-state index contributed by atoms with van der Waals surface area (Å²) in [5.41, 5.74) is 2.02. The van der Waals surface area contributed by atoms with E-state index in [-0.39, 0.29) is 18.5 Å². The lowest BCUT2D eigenvalue weighted by Crippen LogP contribution is -2.39. The summed E-state index contributed by atoms with van der Waals surface area (Å²) in [6.07, 6.45) is 2.53. The van der Waals surface area contributed by atoms with Crippen molar-refractivity contribution in [1.29, 1.82) is 0 Å². The summed E-state index contributed by atoms with van der Waals surface area (Å²) >= 11 is 5.99. The highest BCUT2D eigenvalue weighted by Gasteiger charge is 2.24. The van der Waals surface area contributed by atoms with E-state index in [4.69, 9.17) is 21.1 Å². The molecule has 0 saturated heterocycles. The minimum atomic E-state index is -0.709. The number of carbonyl (C=O) groups is 1. The van der Waals surface area contributed by atoms with Crippen molar-refractivity contribution in [3.05, 3.63) is 53.3 Å². The number of pyridine rings is 1. The van der Waals surface area contributed by atoms with Gasteiger partial charge in [-0.1, -0.05) is 11.6 Å². The average molecular weight is 385 g/mol. The molecule has 0 bridgehead atoms. The van der Waals surface area contributed by atoms with Crippen LogP contribution in [0, 0.1) is 0 Å². The van der Waals surface area contributed by atoms with Crippen LogP contribution >= 0.6 is 11.6 Å². The Bertz CT molecular complexity index is 1040. The number of benzene rings is 1. The largest absolute Gasteiger partial charge is 0.444 e. The number of ether oxygens (including phenoxy) is 2. The highest BCUT2D eigenvalue weighted by Crippen LogP contribution is 2.30. The number of hydrogen-bond acceptors (Lipinski definition) is 8. The van der Waals surface area contributed by atoms with Gasteiger partial charge in [-0.05, 0) is 35.9 Å². The Kier molecular flexibility index (Phi) is 4.43. The van der Waals surface area contributed by atoms with E-state index in [9.17, 15) is 4.79 Å². The Morgan fingerprint density at radius 1 is 1.22 bits per heavy atom. The molecule has 4 rings (SSSR count). The first-order chi connectivity index (χ1) is 13.1. The maximum atomic E-state index is 12.0. The fraction of sp³-hybridized carbons (Fsp3) is 0.118. The number of alkyl carbamates (subject to hydrolysis) is 1.